The lowest BCUT2D eigenvalue weighted by Crippen LogP contribution is -2.38. The quantitative estimate of drug-likeness (QED) is 0.609. The van der Waals surface area contributed by atoms with Gasteiger partial charge in [0.25, 0.3) is 5.56 Å². The number of aromatic nitrogens is 2. The van der Waals surface area contributed by atoms with Crippen LogP contribution in [0.1, 0.15) is 5.56 Å². The number of hydrogen-bond donors (Lipinski definition) is 0. The van der Waals surface area contributed by atoms with Crippen molar-refractivity contribution in [2.24, 2.45) is 7.05 Å². The van der Waals surface area contributed by atoms with Gasteiger partial charge in [0, 0.05) is 25.4 Å². The normalized spacial score (nSPS) is 10.5. The minimum Gasteiger partial charge on any atom is -0.303 e. The SMILES string of the molecule is Cn1ccc(=O)n(Cc2ccc([N+](=O)[O-])c(F)c2)c1=O. The van der Waals surface area contributed by atoms with Gasteiger partial charge in [-0.15, -0.1) is 0 Å². The number of benzene rings is 1. The Labute approximate surface area is 111 Å². The number of aryl methyl sites for hydroxylation is 1. The van der Waals surface area contributed by atoms with Crippen LogP contribution in [0.3, 0.4) is 0 Å². The van der Waals surface area contributed by atoms with Crippen molar-refractivity contribution < 1.29 is 9.31 Å². The molecule has 0 fully saturated rings. The predicted molar refractivity (Wildman–Crippen MR) is 68.1 cm³/mol. The van der Waals surface area contributed by atoms with E-state index in [-0.39, 0.29) is 6.54 Å². The van der Waals surface area contributed by atoms with Gasteiger partial charge in [-0.1, -0.05) is 6.07 Å². The van der Waals surface area contributed by atoms with Gasteiger partial charge in [0.1, 0.15) is 0 Å². The molecule has 0 aliphatic heterocycles. The van der Waals surface area contributed by atoms with Crippen molar-refractivity contribution in [2.75, 3.05) is 0 Å². The molecule has 1 aromatic heterocycles. The van der Waals surface area contributed by atoms with E-state index in [1.54, 1.807) is 0 Å². The van der Waals surface area contributed by atoms with E-state index in [1.807, 2.05) is 0 Å². The zero-order valence-corrected chi connectivity index (χ0v) is 10.4. The molecule has 0 atom stereocenters. The maximum atomic E-state index is 13.5. The van der Waals surface area contributed by atoms with Crippen molar-refractivity contribution >= 4 is 5.69 Å². The fraction of sp³-hybridized carbons (Fsp3) is 0.167. The summed E-state index contributed by atoms with van der Waals surface area (Å²) in [5.74, 6) is -1.01. The summed E-state index contributed by atoms with van der Waals surface area (Å²) in [6.45, 7) is -0.152. The van der Waals surface area contributed by atoms with Crippen LogP contribution in [0, 0.1) is 15.9 Å². The molecule has 0 aliphatic carbocycles. The van der Waals surface area contributed by atoms with Crippen molar-refractivity contribution in [3.8, 4) is 0 Å². The first kappa shape index (κ1) is 13.7. The number of halogens is 1. The molecule has 0 saturated heterocycles. The Hall–Kier alpha value is -2.77. The van der Waals surface area contributed by atoms with E-state index in [2.05, 4.69) is 0 Å². The average Bonchev–Trinajstić information content (AvgIpc) is 2.39. The van der Waals surface area contributed by atoms with Crippen LogP contribution >= 0.6 is 0 Å². The molecule has 0 saturated carbocycles. The molecule has 0 bridgehead atoms. The van der Waals surface area contributed by atoms with Crippen molar-refractivity contribution in [3.05, 3.63) is 72.8 Å². The summed E-state index contributed by atoms with van der Waals surface area (Å²) in [5, 5.41) is 10.5. The number of hydrogen-bond acceptors (Lipinski definition) is 4. The standard InChI is InChI=1S/C12H10FN3O4/c1-14-5-4-11(17)15(12(14)18)7-8-2-3-10(16(19)20)9(13)6-8/h2-6H,7H2,1H3. The minimum absolute atomic E-state index is 0.152. The van der Waals surface area contributed by atoms with E-state index in [1.165, 1.54) is 29.9 Å². The van der Waals surface area contributed by atoms with E-state index >= 15 is 0 Å². The molecule has 0 amide bonds. The fourth-order valence-electron chi connectivity index (χ4n) is 1.74. The Balaban J connectivity index is 2.44. The first-order valence-corrected chi connectivity index (χ1v) is 5.59. The molecule has 0 N–H and O–H groups in total. The van der Waals surface area contributed by atoms with Crippen LogP contribution in [-0.2, 0) is 13.6 Å². The Morgan fingerprint density at radius 3 is 2.60 bits per heavy atom. The van der Waals surface area contributed by atoms with Gasteiger partial charge < -0.3 is 4.57 Å². The molecule has 1 aromatic carbocycles. The lowest BCUT2D eigenvalue weighted by atomic mass is 10.2. The van der Waals surface area contributed by atoms with Crippen LogP contribution in [0.4, 0.5) is 10.1 Å². The summed E-state index contributed by atoms with van der Waals surface area (Å²) in [4.78, 5) is 33.0. The van der Waals surface area contributed by atoms with Gasteiger partial charge in [-0.2, -0.15) is 4.39 Å². The number of nitro groups is 1. The first-order chi connectivity index (χ1) is 9.40. The number of nitrogens with zero attached hydrogens (tertiary/aromatic N) is 3. The molecular formula is C12H10FN3O4. The van der Waals surface area contributed by atoms with Gasteiger partial charge in [0.2, 0.25) is 5.82 Å². The lowest BCUT2D eigenvalue weighted by molar-refractivity contribution is -0.387. The van der Waals surface area contributed by atoms with Crippen molar-refractivity contribution in [1.29, 1.82) is 0 Å². The van der Waals surface area contributed by atoms with Crippen LogP contribution in [0.2, 0.25) is 0 Å². The van der Waals surface area contributed by atoms with E-state index in [4.69, 9.17) is 0 Å². The summed E-state index contributed by atoms with van der Waals surface area (Å²) in [5.41, 5.74) is -1.43. The second-order valence-corrected chi connectivity index (χ2v) is 4.18. The highest BCUT2D eigenvalue weighted by Crippen LogP contribution is 2.18. The van der Waals surface area contributed by atoms with Crippen molar-refractivity contribution in [2.45, 2.75) is 6.54 Å². The molecule has 7 nitrogen and oxygen atoms in total. The highest BCUT2D eigenvalue weighted by molar-refractivity contribution is 5.35. The Kier molecular flexibility index (Phi) is 3.47. The highest BCUT2D eigenvalue weighted by atomic mass is 19.1. The topological polar surface area (TPSA) is 87.1 Å². The highest BCUT2D eigenvalue weighted by Gasteiger charge is 2.14. The summed E-state index contributed by atoms with van der Waals surface area (Å²) in [6, 6.07) is 4.46. The smallest absolute Gasteiger partial charge is 0.303 e. The fourth-order valence-corrected chi connectivity index (χ4v) is 1.74. The Morgan fingerprint density at radius 2 is 2.00 bits per heavy atom. The van der Waals surface area contributed by atoms with Gasteiger partial charge in [0.15, 0.2) is 0 Å². The molecule has 8 heteroatoms. The lowest BCUT2D eigenvalue weighted by Gasteiger charge is -2.06. The van der Waals surface area contributed by atoms with Crippen LogP contribution in [0.5, 0.6) is 0 Å². The third kappa shape index (κ3) is 2.48. The maximum Gasteiger partial charge on any atom is 0.331 e. The van der Waals surface area contributed by atoms with Crippen LogP contribution < -0.4 is 11.2 Å². The molecule has 1 heterocycles. The third-order valence-electron chi connectivity index (χ3n) is 2.79. The Morgan fingerprint density at radius 1 is 1.30 bits per heavy atom. The van der Waals surface area contributed by atoms with E-state index in [9.17, 15) is 24.1 Å². The molecule has 2 aromatic rings. The second kappa shape index (κ2) is 5.08. The van der Waals surface area contributed by atoms with E-state index in [0.717, 1.165) is 16.7 Å². The van der Waals surface area contributed by atoms with Crippen molar-refractivity contribution in [3.63, 3.8) is 0 Å². The molecule has 104 valence electrons. The molecule has 0 radical (unpaired) electrons. The summed E-state index contributed by atoms with van der Waals surface area (Å²) >= 11 is 0. The molecule has 20 heavy (non-hydrogen) atoms. The average molecular weight is 279 g/mol. The number of rotatable bonds is 3. The van der Waals surface area contributed by atoms with Gasteiger partial charge in [-0.25, -0.2) is 4.79 Å². The van der Waals surface area contributed by atoms with Gasteiger partial charge in [-0.3, -0.25) is 19.5 Å². The maximum absolute atomic E-state index is 13.5. The summed E-state index contributed by atoms with van der Waals surface area (Å²) in [7, 11) is 1.48. The van der Waals surface area contributed by atoms with E-state index < -0.39 is 27.7 Å². The molecule has 2 rings (SSSR count). The van der Waals surface area contributed by atoms with Gasteiger partial charge >= 0.3 is 11.4 Å². The van der Waals surface area contributed by atoms with E-state index in [0.29, 0.717) is 5.56 Å². The first-order valence-electron chi connectivity index (χ1n) is 5.59. The molecule has 0 unspecified atom stereocenters. The van der Waals surface area contributed by atoms with Crippen LogP contribution in [0.15, 0.2) is 40.1 Å². The largest absolute Gasteiger partial charge is 0.331 e. The zero-order chi connectivity index (χ0) is 14.9. The van der Waals surface area contributed by atoms with Crippen LogP contribution in [-0.4, -0.2) is 14.1 Å². The zero-order valence-electron chi connectivity index (χ0n) is 10.4. The minimum atomic E-state index is -1.01. The Bertz CT molecular complexity index is 794. The third-order valence-corrected chi connectivity index (χ3v) is 2.79. The van der Waals surface area contributed by atoms with Crippen molar-refractivity contribution in [1.82, 2.24) is 9.13 Å². The predicted octanol–water partition coefficient (Wildman–Crippen LogP) is 0.643. The summed E-state index contributed by atoms with van der Waals surface area (Å²) in [6.07, 6.45) is 1.33. The number of nitro benzene ring substituents is 1. The monoisotopic (exact) mass is 279 g/mol. The molecule has 0 aliphatic rings. The van der Waals surface area contributed by atoms with Crippen LogP contribution in [0.25, 0.3) is 0 Å². The summed E-state index contributed by atoms with van der Waals surface area (Å²) < 4.78 is 15.6. The molecule has 0 spiro atoms. The second-order valence-electron chi connectivity index (χ2n) is 4.18. The molecular weight excluding hydrogens is 269 g/mol. The van der Waals surface area contributed by atoms with Gasteiger partial charge in [-0.05, 0) is 11.6 Å². The van der Waals surface area contributed by atoms with Gasteiger partial charge in [0.05, 0.1) is 11.5 Å².